The molecule has 468 valence electrons. The van der Waals surface area contributed by atoms with Crippen LogP contribution in [0.4, 0.5) is 4.39 Å². The monoisotopic (exact) mass is 1650 g/mol. The van der Waals surface area contributed by atoms with Crippen molar-refractivity contribution < 1.29 is 36.6 Å². The number of aromatic nitrogens is 11. The zero-order valence-corrected chi connectivity index (χ0v) is 57.8. The summed E-state index contributed by atoms with van der Waals surface area (Å²) < 4.78 is 42.4. The number of hydrogen-bond acceptors (Lipinski definition) is 16. The van der Waals surface area contributed by atoms with E-state index in [1.165, 1.54) is 22.8 Å². The van der Waals surface area contributed by atoms with Crippen LogP contribution in [0.2, 0.25) is 0 Å². The second-order valence-corrected chi connectivity index (χ2v) is 38.1. The molecule has 94 heavy (non-hydrogen) atoms. The molecule has 0 amide bonds. The Bertz CT molecular complexity index is 5180. The SMILES string of the molecule is Cc1ccc(-n2c3c(cc(-c4cccc(F)c4C#N)c2=O)-c2ncccc2OC3)cn1.Cc1ccc(-n2c3c(cc(Br)c2=O)-c2ncccc2OC3)cn1.Cc1ccc(-n2c3c(ccc2=O)-c2ncccc2OC3)cn1.I[I-]I.O=c1ccc2c([nH]1)COc1cccnc1-2. The smallest absolute Gasteiger partial charge is 0.248 e. The first-order valence-electron chi connectivity index (χ1n) is 28.6. The number of fused-ring (bicyclic) bond motifs is 12. The van der Waals surface area contributed by atoms with E-state index in [1.807, 2.05) is 99.6 Å². The standard InChI is InChI=1S/C24H15FN4O2.C17H12BrN3O2.C17H13N3O2.C11H8N2O2.I3/c1-14-7-8-15(12-28-14)29-21-13-31-22-6-3-9-27-23(22)18(21)10-17(24(29)30)16-4-2-5-20(25)19(16)11-26;1-10-4-5-11(8-20-10)21-14-9-23-15-3-2-6-19-16(15)12(14)7-13(18)17(21)22;1-11-4-5-12(9-19-11)20-14-10-22-15-3-2-8-18-17(15)13(14)6-7-16(20)21;14-10-4-3-7-8(13-10)6-15-9-2-1-5-12-11(7)9;1-3-2/h2-10,12H,13H2,1H3;2-8H,9H2,1H3;2-9H,10H2,1H3;1-5H,6H2,(H,13,14);/q;;;;-1. The normalized spacial score (nSPS) is 12.0. The van der Waals surface area contributed by atoms with Crippen LogP contribution in [0.5, 0.6) is 23.0 Å². The summed E-state index contributed by atoms with van der Waals surface area (Å²) in [5.41, 5.74) is 13.4. The Labute approximate surface area is 573 Å². The van der Waals surface area contributed by atoms with Gasteiger partial charge in [-0.05, 0) is 152 Å². The van der Waals surface area contributed by atoms with Crippen LogP contribution >= 0.6 is 53.2 Å². The van der Waals surface area contributed by atoms with Gasteiger partial charge in [0, 0.05) is 87.4 Å². The van der Waals surface area contributed by atoms with Gasteiger partial charge < -0.3 is 23.9 Å². The van der Waals surface area contributed by atoms with Crippen molar-refractivity contribution >= 4 is 53.2 Å². The number of rotatable bonds is 4. The molecule has 15 heterocycles. The average molecular weight is 1650 g/mol. The summed E-state index contributed by atoms with van der Waals surface area (Å²) in [5, 5.41) is 9.52. The Hall–Kier alpha value is -9.64. The summed E-state index contributed by atoms with van der Waals surface area (Å²) in [6.45, 7) is 6.87. The number of halogens is 5. The molecule has 4 aliphatic heterocycles. The molecule has 1 aromatic carbocycles. The third kappa shape index (κ3) is 13.3. The fourth-order valence-corrected chi connectivity index (χ4v) is 11.3. The van der Waals surface area contributed by atoms with Crippen LogP contribution in [-0.2, 0) is 26.4 Å². The first-order chi connectivity index (χ1) is 45.7. The number of nitrogens with zero attached hydrogens (tertiary/aromatic N) is 11. The van der Waals surface area contributed by atoms with E-state index in [0.29, 0.717) is 71.6 Å². The Balaban J connectivity index is 0.000000122. The van der Waals surface area contributed by atoms with Crippen molar-refractivity contribution in [3.8, 4) is 102 Å². The molecule has 4 aliphatic rings. The summed E-state index contributed by atoms with van der Waals surface area (Å²) in [5.74, 6) is 2.13. The van der Waals surface area contributed by atoms with E-state index >= 15 is 0 Å². The van der Waals surface area contributed by atoms with Crippen molar-refractivity contribution in [1.29, 1.82) is 5.26 Å². The van der Waals surface area contributed by atoms with E-state index < -0.39 is 11.4 Å². The first kappa shape index (κ1) is 64.5. The van der Waals surface area contributed by atoms with Crippen LogP contribution in [0.1, 0.15) is 45.4 Å². The number of ether oxygens (including phenoxy) is 4. The molecule has 25 heteroatoms. The van der Waals surface area contributed by atoms with Gasteiger partial charge in [0.2, 0.25) is 5.56 Å². The first-order valence-corrected chi connectivity index (χ1v) is 42.0. The minimum Gasteiger partial charge on any atom is -0.485 e. The molecule has 0 atom stereocenters. The molecule has 0 fully saturated rings. The number of benzene rings is 1. The van der Waals surface area contributed by atoms with Gasteiger partial charge in [-0.2, -0.15) is 5.26 Å². The number of H-pyrrole nitrogens is 1. The molecule has 0 aliphatic carbocycles. The molecule has 1 N–H and O–H groups in total. The molecule has 0 unspecified atom stereocenters. The van der Waals surface area contributed by atoms with Gasteiger partial charge in [-0.3, -0.25) is 67.8 Å². The van der Waals surface area contributed by atoms with Gasteiger partial charge in [0.15, 0.2) is 0 Å². The van der Waals surface area contributed by atoms with E-state index in [0.717, 1.165) is 90.9 Å². The third-order valence-corrected chi connectivity index (χ3v) is 15.8. The second-order valence-electron chi connectivity index (χ2n) is 21.0. The van der Waals surface area contributed by atoms with Crippen molar-refractivity contribution in [2.75, 3.05) is 0 Å². The fourth-order valence-electron chi connectivity index (χ4n) is 10.8. The number of nitriles is 1. The van der Waals surface area contributed by atoms with Gasteiger partial charge in [-0.1, -0.05) is 12.1 Å². The zero-order chi connectivity index (χ0) is 65.6. The number of pyridine rings is 11. The topological polar surface area (TPSA) is 250 Å². The van der Waals surface area contributed by atoms with E-state index in [9.17, 15) is 28.8 Å². The van der Waals surface area contributed by atoms with Gasteiger partial charge in [-0.25, -0.2) is 4.39 Å². The van der Waals surface area contributed by atoms with Gasteiger partial charge in [0.25, 0.3) is 16.7 Å². The Morgan fingerprint density at radius 3 is 1.41 bits per heavy atom. The molecule has 12 aromatic rings. The molecule has 0 spiro atoms. The number of hydrogen-bond donors (Lipinski definition) is 1. The summed E-state index contributed by atoms with van der Waals surface area (Å²) >= 11 is 8.67. The third-order valence-electron chi connectivity index (χ3n) is 15.2. The average Bonchev–Trinajstić information content (AvgIpc) is 0.866. The molecule has 0 bridgehead atoms. The maximum absolute atomic E-state index is 14.3. The largest absolute Gasteiger partial charge is 0.485 e. The van der Waals surface area contributed by atoms with E-state index in [2.05, 4.69) is 93.0 Å². The van der Waals surface area contributed by atoms with E-state index in [-0.39, 0.29) is 40.0 Å². The van der Waals surface area contributed by atoms with Crippen LogP contribution in [0.3, 0.4) is 0 Å². The van der Waals surface area contributed by atoms with Crippen molar-refractivity contribution in [3.05, 3.63) is 280 Å². The maximum Gasteiger partial charge on any atom is 0.248 e. The van der Waals surface area contributed by atoms with Crippen LogP contribution in [0, 0.1) is 37.9 Å². The van der Waals surface area contributed by atoms with Crippen molar-refractivity contribution in [3.63, 3.8) is 0 Å². The second kappa shape index (κ2) is 28.7. The minimum absolute atomic E-state index is 0.104. The molecular weight excluding hydrogens is 1600 g/mol. The molecule has 16 rings (SSSR count). The summed E-state index contributed by atoms with van der Waals surface area (Å²) in [6, 6.07) is 42.1. The van der Waals surface area contributed by atoms with Gasteiger partial charge in [0.05, 0.1) is 68.5 Å². The molecule has 20 nitrogen and oxygen atoms in total. The Morgan fingerprint density at radius 2 is 0.926 bits per heavy atom. The fraction of sp³-hybridized carbons (Fsp3) is 0.101. The zero-order valence-electron chi connectivity index (χ0n) is 49.7. The van der Waals surface area contributed by atoms with Crippen LogP contribution < -0.4 is 54.4 Å². The predicted molar refractivity (Wildman–Crippen MR) is 367 cm³/mol. The summed E-state index contributed by atoms with van der Waals surface area (Å²) in [7, 11) is 0. The predicted octanol–water partition coefficient (Wildman–Crippen LogP) is 10.0. The molecule has 0 saturated heterocycles. The van der Waals surface area contributed by atoms with E-state index in [1.54, 1.807) is 101 Å². The molecular formula is C69H48BrFI3N12O8-. The Kier molecular flexibility index (Phi) is 19.7. The van der Waals surface area contributed by atoms with Gasteiger partial charge >= 0.3 is 50.5 Å². The number of nitrogens with one attached hydrogen (secondary N) is 1. The van der Waals surface area contributed by atoms with Crippen molar-refractivity contribution in [2.45, 2.75) is 47.2 Å². The molecule has 11 aromatic heterocycles. The molecule has 0 saturated carbocycles. The van der Waals surface area contributed by atoms with Crippen molar-refractivity contribution in [2.24, 2.45) is 0 Å². The number of aromatic amines is 1. The summed E-state index contributed by atoms with van der Waals surface area (Å²) in [4.78, 5) is 82.9. The van der Waals surface area contributed by atoms with Gasteiger partial charge in [-0.15, -0.1) is 0 Å². The van der Waals surface area contributed by atoms with Crippen LogP contribution in [0.25, 0.3) is 73.2 Å². The minimum atomic E-state index is -0.678. The number of aryl methyl sites for hydroxylation is 3. The van der Waals surface area contributed by atoms with Crippen molar-refractivity contribution in [1.82, 2.24) is 53.6 Å². The Morgan fingerprint density at radius 1 is 0.489 bits per heavy atom. The van der Waals surface area contributed by atoms with Crippen LogP contribution in [0.15, 0.2) is 207 Å². The summed E-state index contributed by atoms with van der Waals surface area (Å²) in [6.07, 6.45) is 11.8. The quantitative estimate of drug-likeness (QED) is 0.161. The van der Waals surface area contributed by atoms with E-state index in [4.69, 9.17) is 18.9 Å². The molecule has 0 radical (unpaired) electrons. The van der Waals surface area contributed by atoms with Crippen LogP contribution in [-0.4, -0.2) is 53.6 Å². The maximum atomic E-state index is 14.3. The van der Waals surface area contributed by atoms with Gasteiger partial charge in [0.1, 0.15) is 84.1 Å².